The third-order valence-corrected chi connectivity index (χ3v) is 3.65. The van der Waals surface area contributed by atoms with Crippen LogP contribution in [0, 0.1) is 11.6 Å². The predicted octanol–water partition coefficient (Wildman–Crippen LogP) is 1.81. The number of benzene rings is 2. The van der Waals surface area contributed by atoms with Gasteiger partial charge < -0.3 is 10.1 Å². The Labute approximate surface area is 147 Å². The third-order valence-electron chi connectivity index (χ3n) is 3.65. The molecule has 0 radical (unpaired) electrons. The molecule has 1 N–H and O–H groups in total. The molecule has 0 saturated carbocycles. The van der Waals surface area contributed by atoms with Crippen molar-refractivity contribution in [3.63, 3.8) is 0 Å². The molecule has 2 aromatic carbocycles. The van der Waals surface area contributed by atoms with Crippen LogP contribution in [0.25, 0.3) is 5.69 Å². The minimum absolute atomic E-state index is 0.0426. The number of nitrogens with zero attached hydrogens (tertiary/aromatic N) is 4. The van der Waals surface area contributed by atoms with Crippen LogP contribution in [0.2, 0.25) is 0 Å². The first-order chi connectivity index (χ1) is 12.6. The van der Waals surface area contributed by atoms with E-state index in [2.05, 4.69) is 20.8 Å². The van der Waals surface area contributed by atoms with Crippen molar-refractivity contribution in [3.05, 3.63) is 65.5 Å². The number of nitrogens with one attached hydrogen (secondary N) is 1. The molecule has 1 aromatic heterocycles. The predicted molar refractivity (Wildman–Crippen MR) is 87.6 cm³/mol. The van der Waals surface area contributed by atoms with Gasteiger partial charge in [-0.2, -0.15) is 4.68 Å². The Balaban J connectivity index is 1.63. The summed E-state index contributed by atoms with van der Waals surface area (Å²) < 4.78 is 32.7. The van der Waals surface area contributed by atoms with Crippen LogP contribution in [0.1, 0.15) is 11.4 Å². The number of tetrazole rings is 1. The number of hydrogen-bond donors (Lipinski definition) is 1. The van der Waals surface area contributed by atoms with Crippen molar-refractivity contribution in [1.82, 2.24) is 25.5 Å². The largest absolute Gasteiger partial charge is 0.497 e. The summed E-state index contributed by atoms with van der Waals surface area (Å²) in [6.07, 6.45) is 0.177. The van der Waals surface area contributed by atoms with Crippen molar-refractivity contribution in [2.45, 2.75) is 13.0 Å². The van der Waals surface area contributed by atoms with E-state index in [4.69, 9.17) is 4.74 Å². The van der Waals surface area contributed by atoms with Gasteiger partial charge in [-0.3, -0.25) is 4.79 Å². The van der Waals surface area contributed by atoms with Crippen LogP contribution in [-0.4, -0.2) is 33.2 Å². The average molecular weight is 359 g/mol. The van der Waals surface area contributed by atoms with E-state index >= 15 is 0 Å². The number of ether oxygens (including phenoxy) is 1. The maximum absolute atomic E-state index is 13.4. The highest BCUT2D eigenvalue weighted by Crippen LogP contribution is 2.14. The first-order valence-electron chi connectivity index (χ1n) is 7.69. The van der Waals surface area contributed by atoms with Crippen LogP contribution < -0.4 is 10.1 Å². The fourth-order valence-corrected chi connectivity index (χ4v) is 2.30. The van der Waals surface area contributed by atoms with Crippen LogP contribution in [0.3, 0.4) is 0 Å². The van der Waals surface area contributed by atoms with E-state index < -0.39 is 11.6 Å². The normalized spacial score (nSPS) is 10.6. The number of hydrogen-bond acceptors (Lipinski definition) is 5. The molecule has 0 aliphatic heterocycles. The van der Waals surface area contributed by atoms with Gasteiger partial charge in [0.1, 0.15) is 5.75 Å². The fourth-order valence-electron chi connectivity index (χ4n) is 2.30. The smallest absolute Gasteiger partial charge is 0.224 e. The molecule has 3 rings (SSSR count). The van der Waals surface area contributed by atoms with E-state index in [1.807, 2.05) is 0 Å². The van der Waals surface area contributed by atoms with Gasteiger partial charge in [0.2, 0.25) is 5.91 Å². The lowest BCUT2D eigenvalue weighted by atomic mass is 10.1. The van der Waals surface area contributed by atoms with Crippen molar-refractivity contribution in [1.29, 1.82) is 0 Å². The number of halogens is 2. The number of rotatable bonds is 6. The van der Waals surface area contributed by atoms with E-state index in [-0.39, 0.29) is 24.6 Å². The van der Waals surface area contributed by atoms with Gasteiger partial charge in [0.05, 0.1) is 25.8 Å². The molecular formula is C17H15F2N5O2. The van der Waals surface area contributed by atoms with Gasteiger partial charge in [0.25, 0.3) is 0 Å². The first kappa shape index (κ1) is 17.5. The first-order valence-corrected chi connectivity index (χ1v) is 7.69. The van der Waals surface area contributed by atoms with Gasteiger partial charge in [-0.1, -0.05) is 12.1 Å². The molecule has 0 fully saturated rings. The summed E-state index contributed by atoms with van der Waals surface area (Å²) in [6.45, 7) is 0.0426. The molecule has 9 heteroatoms. The molecule has 7 nitrogen and oxygen atoms in total. The molecule has 0 aliphatic carbocycles. The second-order valence-electron chi connectivity index (χ2n) is 5.41. The summed E-state index contributed by atoms with van der Waals surface area (Å²) >= 11 is 0. The lowest BCUT2D eigenvalue weighted by Crippen LogP contribution is -2.26. The van der Waals surface area contributed by atoms with Crippen molar-refractivity contribution in [3.8, 4) is 11.4 Å². The van der Waals surface area contributed by atoms with Crippen LogP contribution in [-0.2, 0) is 17.8 Å². The van der Waals surface area contributed by atoms with Gasteiger partial charge in [-0.25, -0.2) is 8.78 Å². The Morgan fingerprint density at radius 2 is 1.92 bits per heavy atom. The summed E-state index contributed by atoms with van der Waals surface area (Å²) in [4.78, 5) is 12.1. The Morgan fingerprint density at radius 3 is 2.62 bits per heavy atom. The zero-order valence-corrected chi connectivity index (χ0v) is 13.8. The molecule has 134 valence electrons. The Hall–Kier alpha value is -3.36. The minimum atomic E-state index is -1.01. The van der Waals surface area contributed by atoms with Crippen molar-refractivity contribution >= 4 is 5.91 Å². The molecule has 0 aliphatic rings. The summed E-state index contributed by atoms with van der Waals surface area (Å²) in [5.41, 5.74) is 1.08. The van der Waals surface area contributed by atoms with Gasteiger partial charge in [-0.15, -0.1) is 5.10 Å². The summed E-state index contributed by atoms with van der Waals surface area (Å²) in [6, 6.07) is 10.4. The summed E-state index contributed by atoms with van der Waals surface area (Å²) in [7, 11) is 1.57. The molecule has 0 saturated heterocycles. The molecule has 0 bridgehead atoms. The van der Waals surface area contributed by atoms with E-state index in [0.29, 0.717) is 11.6 Å². The molecule has 1 heterocycles. The van der Waals surface area contributed by atoms with Crippen LogP contribution in [0.5, 0.6) is 5.75 Å². The van der Waals surface area contributed by atoms with E-state index in [1.54, 1.807) is 31.4 Å². The monoisotopic (exact) mass is 359 g/mol. The molecule has 26 heavy (non-hydrogen) atoms. The highest BCUT2D eigenvalue weighted by atomic mass is 19.2. The van der Waals surface area contributed by atoms with Gasteiger partial charge in [0, 0.05) is 6.07 Å². The topological polar surface area (TPSA) is 81.9 Å². The van der Waals surface area contributed by atoms with Crippen LogP contribution in [0.15, 0.2) is 42.5 Å². The molecule has 3 aromatic rings. The number of methoxy groups -OCH3 is 1. The third kappa shape index (κ3) is 4.00. The SMILES string of the molecule is COc1ccc(CC(=O)NCc2nnnn2-c2ccc(F)c(F)c2)cc1. The lowest BCUT2D eigenvalue weighted by Gasteiger charge is -2.07. The number of carbonyl (C=O) groups excluding carboxylic acids is 1. The van der Waals surface area contributed by atoms with Gasteiger partial charge in [-0.05, 0) is 40.3 Å². The molecular weight excluding hydrogens is 344 g/mol. The maximum Gasteiger partial charge on any atom is 0.224 e. The van der Waals surface area contributed by atoms with Crippen molar-refractivity contribution in [2.24, 2.45) is 0 Å². The Kier molecular flexibility index (Phi) is 5.16. The highest BCUT2D eigenvalue weighted by Gasteiger charge is 2.12. The molecule has 0 unspecified atom stereocenters. The summed E-state index contributed by atoms with van der Waals surface area (Å²) in [5.74, 6) is -1.20. The van der Waals surface area contributed by atoms with E-state index in [0.717, 1.165) is 17.7 Å². The van der Waals surface area contributed by atoms with Gasteiger partial charge in [0.15, 0.2) is 17.5 Å². The van der Waals surface area contributed by atoms with Crippen LogP contribution in [0.4, 0.5) is 8.78 Å². The lowest BCUT2D eigenvalue weighted by molar-refractivity contribution is -0.120. The minimum Gasteiger partial charge on any atom is -0.497 e. The second kappa shape index (κ2) is 7.68. The number of carbonyl (C=O) groups is 1. The molecule has 0 atom stereocenters. The highest BCUT2D eigenvalue weighted by molar-refractivity contribution is 5.78. The van der Waals surface area contributed by atoms with Crippen LogP contribution >= 0.6 is 0 Å². The Bertz CT molecular complexity index is 912. The Morgan fingerprint density at radius 1 is 1.15 bits per heavy atom. The molecule has 1 amide bonds. The fraction of sp³-hybridized carbons (Fsp3) is 0.176. The number of aromatic nitrogens is 4. The van der Waals surface area contributed by atoms with Crippen molar-refractivity contribution < 1.29 is 18.3 Å². The quantitative estimate of drug-likeness (QED) is 0.726. The van der Waals surface area contributed by atoms with Crippen molar-refractivity contribution in [2.75, 3.05) is 7.11 Å². The van der Waals surface area contributed by atoms with E-state index in [1.165, 1.54) is 10.7 Å². The zero-order chi connectivity index (χ0) is 18.5. The van der Waals surface area contributed by atoms with E-state index in [9.17, 15) is 13.6 Å². The molecule has 0 spiro atoms. The zero-order valence-electron chi connectivity index (χ0n) is 13.8. The number of amides is 1. The van der Waals surface area contributed by atoms with Gasteiger partial charge >= 0.3 is 0 Å². The maximum atomic E-state index is 13.4. The standard InChI is InChI=1S/C17H15F2N5O2/c1-26-13-5-2-11(3-6-13)8-17(25)20-10-16-21-22-23-24(16)12-4-7-14(18)15(19)9-12/h2-7,9H,8,10H2,1H3,(H,20,25). The second-order valence-corrected chi connectivity index (χ2v) is 5.41. The average Bonchev–Trinajstić information content (AvgIpc) is 3.11. The summed E-state index contributed by atoms with van der Waals surface area (Å²) in [5, 5.41) is 13.8.